The lowest BCUT2D eigenvalue weighted by molar-refractivity contribution is -0.148. The van der Waals surface area contributed by atoms with Crippen molar-refractivity contribution in [1.29, 1.82) is 0 Å². The summed E-state index contributed by atoms with van der Waals surface area (Å²) in [7, 11) is 2.78. The number of hydrogen-bond acceptors (Lipinski definition) is 9. The number of likely N-dealkylation sites (N-methyl/N-ethyl adjacent to an activating group) is 1. The normalized spacial score (nSPS) is 12.5. The number of hydrogen-bond donors (Lipinski definition) is 5. The molecule has 35 heavy (non-hydrogen) atoms. The Hall–Kier alpha value is -0.870. The van der Waals surface area contributed by atoms with Crippen molar-refractivity contribution in [2.45, 2.75) is 19.1 Å². The first kappa shape index (κ1) is 32.2. The molecule has 0 fully saturated rings. The summed E-state index contributed by atoms with van der Waals surface area (Å²) in [6.45, 7) is -0.496. The van der Waals surface area contributed by atoms with Crippen molar-refractivity contribution in [2.24, 2.45) is 0 Å². The van der Waals surface area contributed by atoms with Gasteiger partial charge in [0.25, 0.3) is 11.8 Å². The highest BCUT2D eigenvalue weighted by molar-refractivity contribution is 14.1. The van der Waals surface area contributed by atoms with Crippen LogP contribution in [-0.4, -0.2) is 103 Å². The van der Waals surface area contributed by atoms with E-state index in [1.807, 2.05) is 67.8 Å². The first-order valence-corrected chi connectivity index (χ1v) is 13.2. The van der Waals surface area contributed by atoms with Gasteiger partial charge < -0.3 is 40.3 Å². The number of anilines is 1. The van der Waals surface area contributed by atoms with Crippen LogP contribution in [0.15, 0.2) is 0 Å². The van der Waals surface area contributed by atoms with E-state index in [9.17, 15) is 29.4 Å². The van der Waals surface area contributed by atoms with Crippen molar-refractivity contribution in [1.82, 2.24) is 10.2 Å². The van der Waals surface area contributed by atoms with Crippen LogP contribution in [0.5, 0.6) is 0 Å². The topological polar surface area (TPSA) is 175 Å². The molecule has 3 amide bonds. The van der Waals surface area contributed by atoms with Gasteiger partial charge in [-0.15, -0.1) is 0 Å². The maximum Gasteiger partial charge on any atom is 0.303 e. The Morgan fingerprint density at radius 2 is 1.63 bits per heavy atom. The van der Waals surface area contributed by atoms with Crippen molar-refractivity contribution in [3.8, 4) is 0 Å². The largest absolute Gasteiger partial charge is 0.458 e. The van der Waals surface area contributed by atoms with Gasteiger partial charge >= 0.3 is 5.97 Å². The monoisotopic (exact) mass is 833 g/mol. The van der Waals surface area contributed by atoms with Gasteiger partial charge in [0.15, 0.2) is 0 Å². The molecule has 2 atom stereocenters. The number of carbonyl (C=O) groups is 4. The number of carbonyl (C=O) groups excluding carboxylic acids is 4. The average molecular weight is 833 g/mol. The number of methoxy groups -OCH3 is 1. The van der Waals surface area contributed by atoms with Crippen LogP contribution in [0.25, 0.3) is 0 Å². The highest BCUT2D eigenvalue weighted by atomic mass is 127. The standard InChI is InChI=1S/C20H26I3N3O9/c1-9(29)35-11(7-28)4-24-19(32)13-15(21)14(20(33)26(2)5-10(30)6-27)17(23)18(16(13)22)25-12(31)8-34-3/h10-11,27-28,30H,4-8H2,1-3H3,(H,24,32)(H,25,31). The Balaban J connectivity index is 3.54. The minimum Gasteiger partial charge on any atom is -0.458 e. The Kier molecular flexibility index (Phi) is 14.1. The van der Waals surface area contributed by atoms with E-state index in [2.05, 4.69) is 10.6 Å². The van der Waals surface area contributed by atoms with E-state index < -0.39 is 49.1 Å². The number of nitrogens with zero attached hydrogens (tertiary/aromatic N) is 1. The molecule has 12 nitrogen and oxygen atoms in total. The second-order valence-corrected chi connectivity index (χ2v) is 10.4. The third-order valence-corrected chi connectivity index (χ3v) is 7.60. The van der Waals surface area contributed by atoms with Crippen molar-refractivity contribution in [2.75, 3.05) is 52.4 Å². The van der Waals surface area contributed by atoms with Crippen LogP contribution in [0.2, 0.25) is 0 Å². The molecule has 0 spiro atoms. The molecule has 0 aromatic heterocycles. The molecule has 5 N–H and O–H groups in total. The summed E-state index contributed by atoms with van der Waals surface area (Å²) in [5, 5.41) is 33.5. The Bertz CT molecular complexity index is 962. The van der Waals surface area contributed by atoms with Gasteiger partial charge in [0.2, 0.25) is 5.91 Å². The smallest absolute Gasteiger partial charge is 0.303 e. The first-order valence-electron chi connectivity index (χ1n) is 9.99. The number of amides is 3. The number of halogens is 3. The zero-order chi connectivity index (χ0) is 26.9. The molecule has 0 saturated heterocycles. The number of aliphatic hydroxyl groups excluding tert-OH is 3. The van der Waals surface area contributed by atoms with Gasteiger partial charge in [-0.2, -0.15) is 0 Å². The molecule has 2 unspecified atom stereocenters. The third kappa shape index (κ3) is 9.18. The minimum absolute atomic E-state index is 0.0818. The van der Waals surface area contributed by atoms with Gasteiger partial charge in [-0.3, -0.25) is 19.2 Å². The van der Waals surface area contributed by atoms with E-state index in [1.165, 1.54) is 26.0 Å². The van der Waals surface area contributed by atoms with Crippen LogP contribution in [0, 0.1) is 10.7 Å². The second-order valence-electron chi connectivity index (χ2n) is 7.19. The summed E-state index contributed by atoms with van der Waals surface area (Å²) >= 11 is 5.62. The van der Waals surface area contributed by atoms with E-state index in [4.69, 9.17) is 14.6 Å². The number of benzene rings is 1. The van der Waals surface area contributed by atoms with Gasteiger partial charge in [0.1, 0.15) is 12.7 Å². The van der Waals surface area contributed by atoms with Crippen LogP contribution < -0.4 is 10.6 Å². The highest BCUT2D eigenvalue weighted by Gasteiger charge is 2.30. The number of ether oxygens (including phenoxy) is 2. The van der Waals surface area contributed by atoms with E-state index in [1.54, 1.807) is 0 Å². The van der Waals surface area contributed by atoms with Crippen molar-refractivity contribution in [3.63, 3.8) is 0 Å². The third-order valence-electron chi connectivity index (χ3n) is 4.37. The molecule has 0 saturated carbocycles. The molecular formula is C20H26I3N3O9. The zero-order valence-electron chi connectivity index (χ0n) is 19.1. The summed E-state index contributed by atoms with van der Waals surface area (Å²) < 4.78 is 10.8. The van der Waals surface area contributed by atoms with E-state index >= 15 is 0 Å². The molecule has 1 aromatic carbocycles. The van der Waals surface area contributed by atoms with Crippen LogP contribution in [0.1, 0.15) is 27.6 Å². The number of nitrogens with one attached hydrogen (secondary N) is 2. The van der Waals surface area contributed by atoms with Crippen LogP contribution in [-0.2, 0) is 19.1 Å². The van der Waals surface area contributed by atoms with Crippen LogP contribution in [0.4, 0.5) is 5.69 Å². The van der Waals surface area contributed by atoms with Gasteiger partial charge in [-0.1, -0.05) is 0 Å². The maximum atomic E-state index is 13.3. The Morgan fingerprint density at radius 1 is 1.03 bits per heavy atom. The van der Waals surface area contributed by atoms with Crippen LogP contribution >= 0.6 is 67.8 Å². The second kappa shape index (κ2) is 15.4. The molecule has 1 aromatic rings. The van der Waals surface area contributed by atoms with Gasteiger partial charge in [-0.25, -0.2) is 0 Å². The summed E-state index contributed by atoms with van der Waals surface area (Å²) in [6, 6.07) is 0. The number of rotatable bonds is 12. The van der Waals surface area contributed by atoms with E-state index in [0.29, 0.717) is 7.14 Å². The van der Waals surface area contributed by atoms with E-state index in [-0.39, 0.29) is 40.1 Å². The van der Waals surface area contributed by atoms with Gasteiger partial charge in [-0.05, 0) is 67.8 Å². The molecular weight excluding hydrogens is 807 g/mol. The molecule has 0 bridgehead atoms. The predicted molar refractivity (Wildman–Crippen MR) is 150 cm³/mol. The summed E-state index contributed by atoms with van der Waals surface area (Å²) in [5.74, 6) is -2.31. The minimum atomic E-state index is -1.16. The van der Waals surface area contributed by atoms with Crippen molar-refractivity contribution < 1.29 is 44.0 Å². The van der Waals surface area contributed by atoms with Gasteiger partial charge in [0, 0.05) is 31.2 Å². The summed E-state index contributed by atoms with van der Waals surface area (Å²) in [6.07, 6.45) is -2.13. The fourth-order valence-corrected chi connectivity index (χ4v) is 7.18. The lowest BCUT2D eigenvalue weighted by Crippen LogP contribution is -2.39. The van der Waals surface area contributed by atoms with Crippen molar-refractivity contribution in [3.05, 3.63) is 21.8 Å². The number of aliphatic hydroxyl groups is 3. The number of esters is 1. The molecule has 0 aliphatic rings. The zero-order valence-corrected chi connectivity index (χ0v) is 25.5. The first-order chi connectivity index (χ1) is 16.4. The van der Waals surface area contributed by atoms with E-state index in [0.717, 1.165) is 0 Å². The lowest BCUT2D eigenvalue weighted by atomic mass is 10.1. The van der Waals surface area contributed by atoms with Crippen LogP contribution in [0.3, 0.4) is 0 Å². The Morgan fingerprint density at radius 3 is 2.14 bits per heavy atom. The quantitative estimate of drug-likeness (QED) is 0.145. The fourth-order valence-electron chi connectivity index (χ4n) is 2.79. The Labute approximate surface area is 242 Å². The predicted octanol–water partition coefficient (Wildman–Crippen LogP) is 0.164. The lowest BCUT2D eigenvalue weighted by Gasteiger charge is -2.24. The molecule has 0 heterocycles. The van der Waals surface area contributed by atoms with Gasteiger partial charge in [0.05, 0.1) is 49.8 Å². The maximum absolute atomic E-state index is 13.3. The molecule has 0 aliphatic carbocycles. The fraction of sp³-hybridized carbons (Fsp3) is 0.500. The highest BCUT2D eigenvalue weighted by Crippen LogP contribution is 2.36. The summed E-state index contributed by atoms with van der Waals surface area (Å²) in [4.78, 5) is 51.1. The summed E-state index contributed by atoms with van der Waals surface area (Å²) in [5.41, 5.74) is 0.408. The molecule has 1 rings (SSSR count). The molecule has 15 heteroatoms. The molecule has 0 aliphatic heterocycles. The van der Waals surface area contributed by atoms with Crippen molar-refractivity contribution >= 4 is 97.2 Å². The SMILES string of the molecule is COCC(=O)Nc1c(I)c(C(=O)NCC(CO)OC(C)=O)c(I)c(C(=O)N(C)CC(O)CO)c1I. The molecule has 0 radical (unpaired) electrons. The molecule has 196 valence electrons. The average Bonchev–Trinajstić information content (AvgIpc) is 2.79.